The molecule has 47 heavy (non-hydrogen) atoms. The van der Waals surface area contributed by atoms with Gasteiger partial charge in [0, 0.05) is 6.42 Å². The monoisotopic (exact) mass is 680 g/mol. The van der Waals surface area contributed by atoms with Crippen LogP contribution in [0.25, 0.3) is 0 Å². The first kappa shape index (κ1) is 41.2. The van der Waals surface area contributed by atoms with Gasteiger partial charge in [0.15, 0.2) is 12.6 Å². The minimum atomic E-state index is -1.87. The van der Waals surface area contributed by atoms with Crippen molar-refractivity contribution in [1.29, 1.82) is 0 Å². The summed E-state index contributed by atoms with van der Waals surface area (Å²) in [4.78, 5) is 34.7. The molecule has 0 spiro atoms. The average molecular weight is 681 g/mol. The number of hydrogen-bond donors (Lipinski definition) is 7. The van der Waals surface area contributed by atoms with Crippen LogP contribution in [0, 0.1) is 0 Å². The molecule has 0 aromatic carbocycles. The third-order valence-corrected chi connectivity index (χ3v) is 8.45. The second kappa shape index (κ2) is 22.6. The summed E-state index contributed by atoms with van der Waals surface area (Å²) in [7, 11) is 0. The molecule has 2 rings (SSSR count). The van der Waals surface area contributed by atoms with Gasteiger partial charge >= 0.3 is 17.9 Å². The van der Waals surface area contributed by atoms with Crippen LogP contribution in [-0.4, -0.2) is 128 Å². The number of carbonyl (C=O) groups excluding carboxylic acids is 2. The molecule has 10 atom stereocenters. The van der Waals surface area contributed by atoms with Crippen molar-refractivity contribution in [3.8, 4) is 0 Å². The Morgan fingerprint density at radius 3 is 1.30 bits per heavy atom. The maximum absolute atomic E-state index is 12.3. The van der Waals surface area contributed by atoms with Crippen LogP contribution in [0.2, 0.25) is 0 Å². The molecule has 0 aromatic heterocycles. The zero-order chi connectivity index (χ0) is 34.8. The Morgan fingerprint density at radius 2 is 0.894 bits per heavy atom. The number of carbonyl (C=O) groups is 3. The fourth-order valence-corrected chi connectivity index (χ4v) is 5.46. The molecule has 0 bridgehead atoms. The van der Waals surface area contributed by atoms with Crippen molar-refractivity contribution < 1.29 is 73.8 Å². The molecule has 15 heteroatoms. The van der Waals surface area contributed by atoms with Gasteiger partial charge in [-0.1, -0.05) is 84.0 Å². The summed E-state index contributed by atoms with van der Waals surface area (Å²) in [5, 5.41) is 70.8. The number of carboxylic acids is 1. The first-order valence-corrected chi connectivity index (χ1v) is 17.0. The van der Waals surface area contributed by atoms with E-state index in [1.165, 1.54) is 57.8 Å². The summed E-state index contributed by atoms with van der Waals surface area (Å²) >= 11 is 0. The largest absolute Gasteiger partial charge is 0.481 e. The van der Waals surface area contributed by atoms with Crippen molar-refractivity contribution in [3.63, 3.8) is 0 Å². The van der Waals surface area contributed by atoms with Gasteiger partial charge < -0.3 is 59.4 Å². The maximum Gasteiger partial charge on any atom is 0.306 e. The number of carboxylic acid groups (broad SMARTS) is 1. The third kappa shape index (κ3) is 15.0. The van der Waals surface area contributed by atoms with Crippen molar-refractivity contribution in [2.45, 2.75) is 171 Å². The quantitative estimate of drug-likeness (QED) is 0.0590. The van der Waals surface area contributed by atoms with E-state index in [1.54, 1.807) is 0 Å². The van der Waals surface area contributed by atoms with E-state index in [9.17, 15) is 45.0 Å². The number of hydrogen-bond acceptors (Lipinski definition) is 14. The van der Waals surface area contributed by atoms with Gasteiger partial charge in [-0.3, -0.25) is 14.4 Å². The predicted octanol–water partition coefficient (Wildman–Crippen LogP) is 1.05. The lowest BCUT2D eigenvalue weighted by Crippen LogP contribution is -2.64. The Bertz CT molecular complexity index is 904. The second-order valence-electron chi connectivity index (χ2n) is 12.4. The van der Waals surface area contributed by atoms with Gasteiger partial charge in [0.2, 0.25) is 0 Å². The Hall–Kier alpha value is -1.95. The van der Waals surface area contributed by atoms with Crippen LogP contribution in [0.15, 0.2) is 0 Å². The molecule has 0 amide bonds. The lowest BCUT2D eigenvalue weighted by atomic mass is 9.98. The summed E-state index contributed by atoms with van der Waals surface area (Å²) in [6, 6.07) is 0. The maximum atomic E-state index is 12.3. The molecule has 0 aromatic rings. The number of esters is 2. The SMILES string of the molecule is CCCCCCCCCCCCCCCC(=O)OC[C@H]1O[C@H](O[C@H]2O[C@H](COC(=O)CCC(=O)O)[C@@H](O)[C@H](O)[C@H]2O)[C@H](O)[C@@H](O)[C@@H]1O. The van der Waals surface area contributed by atoms with E-state index in [0.717, 1.165) is 19.3 Å². The van der Waals surface area contributed by atoms with Crippen LogP contribution < -0.4 is 0 Å². The average Bonchev–Trinajstić information content (AvgIpc) is 3.05. The van der Waals surface area contributed by atoms with Crippen molar-refractivity contribution in [1.82, 2.24) is 0 Å². The molecule has 0 aliphatic carbocycles. The fourth-order valence-electron chi connectivity index (χ4n) is 5.46. The number of aliphatic carboxylic acids is 1. The molecule has 2 heterocycles. The highest BCUT2D eigenvalue weighted by Gasteiger charge is 2.50. The number of unbranched alkanes of at least 4 members (excludes halogenated alkanes) is 12. The van der Waals surface area contributed by atoms with Gasteiger partial charge in [0.1, 0.15) is 62.0 Å². The number of rotatable bonds is 23. The molecule has 15 nitrogen and oxygen atoms in total. The van der Waals surface area contributed by atoms with Gasteiger partial charge in [-0.05, 0) is 6.42 Å². The summed E-state index contributed by atoms with van der Waals surface area (Å²) in [6.45, 7) is 1.12. The summed E-state index contributed by atoms with van der Waals surface area (Å²) in [5.41, 5.74) is 0. The lowest BCUT2D eigenvalue weighted by molar-refractivity contribution is -0.376. The smallest absolute Gasteiger partial charge is 0.306 e. The molecule has 7 N–H and O–H groups in total. The first-order chi connectivity index (χ1) is 22.5. The van der Waals surface area contributed by atoms with E-state index < -0.39 is 105 Å². The highest BCUT2D eigenvalue weighted by Crippen LogP contribution is 2.28. The Morgan fingerprint density at radius 1 is 0.511 bits per heavy atom. The van der Waals surface area contributed by atoms with Crippen LogP contribution in [0.5, 0.6) is 0 Å². The summed E-state index contributed by atoms with van der Waals surface area (Å²) < 4.78 is 26.5. The molecule has 2 saturated heterocycles. The highest BCUT2D eigenvalue weighted by atomic mass is 16.8. The molecule has 0 saturated carbocycles. The number of ether oxygens (including phenoxy) is 5. The van der Waals surface area contributed by atoms with E-state index in [0.29, 0.717) is 6.42 Å². The van der Waals surface area contributed by atoms with E-state index in [2.05, 4.69) is 6.92 Å². The van der Waals surface area contributed by atoms with Crippen molar-refractivity contribution >= 4 is 17.9 Å². The van der Waals surface area contributed by atoms with Crippen LogP contribution in [0.4, 0.5) is 0 Å². The normalized spacial score (nSPS) is 31.0. The van der Waals surface area contributed by atoms with Crippen LogP contribution >= 0.6 is 0 Å². The molecule has 2 aliphatic heterocycles. The van der Waals surface area contributed by atoms with E-state index >= 15 is 0 Å². The molecule has 2 aliphatic rings. The van der Waals surface area contributed by atoms with Crippen LogP contribution in [0.1, 0.15) is 110 Å². The molecule has 274 valence electrons. The molecular weight excluding hydrogens is 624 g/mol. The number of aliphatic hydroxyl groups is 6. The first-order valence-electron chi connectivity index (χ1n) is 17.0. The zero-order valence-corrected chi connectivity index (χ0v) is 27.4. The van der Waals surface area contributed by atoms with Crippen LogP contribution in [-0.2, 0) is 38.1 Å². The standard InChI is InChI=1S/C32H56O15/c1-2-3-4-5-6-7-8-9-10-11-12-13-14-15-23(35)43-18-20-25(37)27(39)29(41)31(45-20)47-32-30(42)28(40)26(38)21(46-32)19-44-24(36)17-16-22(33)34/h20-21,25-32,37-42H,2-19H2,1H3,(H,33,34)/t20-,21-,25-,26-,27+,28+,29-,30-,31-,32-/m1/s1. The van der Waals surface area contributed by atoms with Crippen molar-refractivity contribution in [2.75, 3.05) is 13.2 Å². The van der Waals surface area contributed by atoms with Crippen molar-refractivity contribution in [3.05, 3.63) is 0 Å². The van der Waals surface area contributed by atoms with E-state index in [1.807, 2.05) is 0 Å². The number of aliphatic hydroxyl groups excluding tert-OH is 6. The van der Waals surface area contributed by atoms with Gasteiger partial charge in [0.05, 0.1) is 12.8 Å². The highest BCUT2D eigenvalue weighted by molar-refractivity contribution is 5.76. The van der Waals surface area contributed by atoms with Gasteiger partial charge in [-0.2, -0.15) is 0 Å². The second-order valence-corrected chi connectivity index (χ2v) is 12.4. The molecular formula is C32H56O15. The Kier molecular flexibility index (Phi) is 19.9. The van der Waals surface area contributed by atoms with Crippen molar-refractivity contribution in [2.24, 2.45) is 0 Å². The zero-order valence-electron chi connectivity index (χ0n) is 27.4. The van der Waals surface area contributed by atoms with Gasteiger partial charge in [-0.15, -0.1) is 0 Å². The summed E-state index contributed by atoms with van der Waals surface area (Å²) in [6.07, 6.45) is -2.64. The molecule has 2 fully saturated rings. The van der Waals surface area contributed by atoms with E-state index in [4.69, 9.17) is 28.8 Å². The Labute approximate surface area is 276 Å². The van der Waals surface area contributed by atoms with E-state index in [-0.39, 0.29) is 6.42 Å². The topological polar surface area (TPSA) is 239 Å². The molecule has 0 unspecified atom stereocenters. The fraction of sp³-hybridized carbons (Fsp3) is 0.906. The van der Waals surface area contributed by atoms with Gasteiger partial charge in [0.25, 0.3) is 0 Å². The Balaban J connectivity index is 1.73. The summed E-state index contributed by atoms with van der Waals surface area (Å²) in [5.74, 6) is -2.65. The minimum Gasteiger partial charge on any atom is -0.481 e. The lowest BCUT2D eigenvalue weighted by Gasteiger charge is -2.44. The van der Waals surface area contributed by atoms with Gasteiger partial charge in [-0.25, -0.2) is 0 Å². The van der Waals surface area contributed by atoms with Crippen LogP contribution in [0.3, 0.4) is 0 Å². The predicted molar refractivity (Wildman–Crippen MR) is 164 cm³/mol. The molecule has 0 radical (unpaired) electrons. The third-order valence-electron chi connectivity index (χ3n) is 8.45. The minimum absolute atomic E-state index is 0.163.